The molecule has 0 saturated carbocycles. The fraction of sp³-hybridized carbons (Fsp3) is 0.412. The molecule has 1 heterocycles. The number of hydrogen-bond acceptors (Lipinski definition) is 2. The standard InChI is InChI=1S/C17H24ClN5.HI/c1-14-12-22-23(13-14)11-3-9-20-17(19-2)21-10-8-15-4-6-16(18)7-5-15;/h4-7,12-13H,3,8-11H2,1-2H3,(H2,19,20,21);1H. The number of guanidine groups is 1. The van der Waals surface area contributed by atoms with E-state index in [1.807, 2.05) is 42.1 Å². The summed E-state index contributed by atoms with van der Waals surface area (Å²) < 4.78 is 1.97. The van der Waals surface area contributed by atoms with Gasteiger partial charge in [-0.25, -0.2) is 0 Å². The minimum atomic E-state index is 0. The van der Waals surface area contributed by atoms with Gasteiger partial charge in [-0.1, -0.05) is 23.7 Å². The maximum absolute atomic E-state index is 5.88. The fourth-order valence-corrected chi connectivity index (χ4v) is 2.36. The first-order valence-electron chi connectivity index (χ1n) is 7.85. The zero-order chi connectivity index (χ0) is 16.5. The van der Waals surface area contributed by atoms with Crippen LogP contribution in [0.5, 0.6) is 0 Å². The van der Waals surface area contributed by atoms with Crippen LogP contribution < -0.4 is 10.6 Å². The molecule has 0 aliphatic carbocycles. The molecule has 7 heteroatoms. The molecule has 2 rings (SSSR count). The Labute approximate surface area is 165 Å². The number of rotatable bonds is 7. The molecule has 0 radical (unpaired) electrons. The van der Waals surface area contributed by atoms with Crippen molar-refractivity contribution in [1.29, 1.82) is 0 Å². The third kappa shape index (κ3) is 7.53. The average Bonchev–Trinajstić information content (AvgIpc) is 2.97. The summed E-state index contributed by atoms with van der Waals surface area (Å²) in [5.74, 6) is 0.829. The predicted molar refractivity (Wildman–Crippen MR) is 112 cm³/mol. The molecular weight excluding hydrogens is 437 g/mol. The van der Waals surface area contributed by atoms with Gasteiger partial charge in [0.15, 0.2) is 5.96 Å². The molecule has 2 aromatic rings. The van der Waals surface area contributed by atoms with Gasteiger partial charge in [-0.2, -0.15) is 5.10 Å². The summed E-state index contributed by atoms with van der Waals surface area (Å²) in [5, 5.41) is 11.7. The summed E-state index contributed by atoms with van der Waals surface area (Å²) in [4.78, 5) is 4.23. The van der Waals surface area contributed by atoms with E-state index in [2.05, 4.69) is 26.9 Å². The SMILES string of the molecule is CN=C(NCCCn1cc(C)cn1)NCCc1ccc(Cl)cc1.I. The number of halogens is 2. The molecule has 1 aromatic heterocycles. The van der Waals surface area contributed by atoms with Crippen LogP contribution in [-0.2, 0) is 13.0 Å². The van der Waals surface area contributed by atoms with Gasteiger partial charge in [0.1, 0.15) is 0 Å². The van der Waals surface area contributed by atoms with E-state index in [0.717, 1.165) is 43.5 Å². The normalized spacial score (nSPS) is 11.0. The second-order valence-electron chi connectivity index (χ2n) is 5.44. The molecule has 0 fully saturated rings. The Balaban J connectivity index is 0.00000288. The molecule has 0 aliphatic heterocycles. The lowest BCUT2D eigenvalue weighted by Crippen LogP contribution is -2.39. The molecule has 0 saturated heterocycles. The van der Waals surface area contributed by atoms with Crippen LogP contribution >= 0.6 is 35.6 Å². The number of nitrogens with one attached hydrogen (secondary N) is 2. The Hall–Kier alpha value is -1.28. The number of benzene rings is 1. The lowest BCUT2D eigenvalue weighted by molar-refractivity contribution is 0.570. The molecule has 132 valence electrons. The van der Waals surface area contributed by atoms with E-state index < -0.39 is 0 Å². The minimum Gasteiger partial charge on any atom is -0.356 e. The lowest BCUT2D eigenvalue weighted by Gasteiger charge is -2.12. The van der Waals surface area contributed by atoms with Gasteiger partial charge in [0.2, 0.25) is 0 Å². The zero-order valence-electron chi connectivity index (χ0n) is 14.1. The third-order valence-electron chi connectivity index (χ3n) is 3.46. The Morgan fingerprint density at radius 1 is 1.21 bits per heavy atom. The Morgan fingerprint density at radius 3 is 2.54 bits per heavy atom. The molecule has 5 nitrogen and oxygen atoms in total. The first-order valence-corrected chi connectivity index (χ1v) is 8.23. The topological polar surface area (TPSA) is 54.2 Å². The van der Waals surface area contributed by atoms with E-state index in [-0.39, 0.29) is 24.0 Å². The highest BCUT2D eigenvalue weighted by atomic mass is 127. The van der Waals surface area contributed by atoms with Crippen molar-refractivity contribution in [2.24, 2.45) is 4.99 Å². The Bertz CT molecular complexity index is 624. The maximum atomic E-state index is 5.88. The molecule has 2 N–H and O–H groups in total. The van der Waals surface area contributed by atoms with Crippen molar-refractivity contribution in [3.8, 4) is 0 Å². The summed E-state index contributed by atoms with van der Waals surface area (Å²) in [5.41, 5.74) is 2.45. The summed E-state index contributed by atoms with van der Waals surface area (Å²) in [6.45, 7) is 4.65. The second-order valence-corrected chi connectivity index (χ2v) is 5.87. The van der Waals surface area contributed by atoms with Crippen molar-refractivity contribution >= 4 is 41.5 Å². The summed E-state index contributed by atoms with van der Waals surface area (Å²) >= 11 is 5.88. The maximum Gasteiger partial charge on any atom is 0.190 e. The Kier molecular flexibility index (Phi) is 9.78. The number of hydrogen-bond donors (Lipinski definition) is 2. The highest BCUT2D eigenvalue weighted by Gasteiger charge is 1.99. The van der Waals surface area contributed by atoms with Gasteiger partial charge in [-0.15, -0.1) is 24.0 Å². The van der Waals surface area contributed by atoms with Crippen molar-refractivity contribution in [3.63, 3.8) is 0 Å². The van der Waals surface area contributed by atoms with Crippen molar-refractivity contribution < 1.29 is 0 Å². The van der Waals surface area contributed by atoms with Gasteiger partial charge in [-0.05, 0) is 43.0 Å². The van der Waals surface area contributed by atoms with Gasteiger partial charge in [0.05, 0.1) is 6.20 Å². The average molecular weight is 462 g/mol. The smallest absolute Gasteiger partial charge is 0.190 e. The van der Waals surface area contributed by atoms with Crippen LogP contribution in [0.25, 0.3) is 0 Å². The van der Waals surface area contributed by atoms with Gasteiger partial charge >= 0.3 is 0 Å². The van der Waals surface area contributed by atoms with Crippen LogP contribution in [0.4, 0.5) is 0 Å². The molecule has 0 aliphatic rings. The molecule has 0 bridgehead atoms. The van der Waals surface area contributed by atoms with E-state index in [1.54, 1.807) is 7.05 Å². The van der Waals surface area contributed by atoms with Gasteiger partial charge in [-0.3, -0.25) is 9.67 Å². The van der Waals surface area contributed by atoms with Crippen molar-refractivity contribution in [2.75, 3.05) is 20.1 Å². The fourth-order valence-electron chi connectivity index (χ4n) is 2.23. The van der Waals surface area contributed by atoms with Crippen LogP contribution in [-0.4, -0.2) is 35.9 Å². The minimum absolute atomic E-state index is 0. The van der Waals surface area contributed by atoms with Gasteiger partial charge in [0.25, 0.3) is 0 Å². The first-order chi connectivity index (χ1) is 11.2. The number of aryl methyl sites for hydroxylation is 2. The highest BCUT2D eigenvalue weighted by Crippen LogP contribution is 2.09. The quantitative estimate of drug-likeness (QED) is 0.288. The predicted octanol–water partition coefficient (Wildman–Crippen LogP) is 3.26. The van der Waals surface area contributed by atoms with E-state index in [4.69, 9.17) is 11.6 Å². The molecular formula is C17H25ClIN5. The molecule has 1 aromatic carbocycles. The van der Waals surface area contributed by atoms with Crippen LogP contribution in [0.3, 0.4) is 0 Å². The second kappa shape index (κ2) is 11.3. The number of aromatic nitrogens is 2. The molecule has 0 spiro atoms. The van der Waals surface area contributed by atoms with E-state index in [9.17, 15) is 0 Å². The van der Waals surface area contributed by atoms with Crippen molar-refractivity contribution in [3.05, 3.63) is 52.8 Å². The lowest BCUT2D eigenvalue weighted by atomic mass is 10.1. The number of nitrogens with zero attached hydrogens (tertiary/aromatic N) is 3. The van der Waals surface area contributed by atoms with Crippen molar-refractivity contribution in [1.82, 2.24) is 20.4 Å². The van der Waals surface area contributed by atoms with Crippen LogP contribution in [0.15, 0.2) is 41.7 Å². The summed E-state index contributed by atoms with van der Waals surface area (Å²) in [7, 11) is 1.79. The van der Waals surface area contributed by atoms with Gasteiger partial charge < -0.3 is 10.6 Å². The monoisotopic (exact) mass is 461 g/mol. The highest BCUT2D eigenvalue weighted by molar-refractivity contribution is 14.0. The molecule has 0 atom stereocenters. The molecule has 0 amide bonds. The van der Waals surface area contributed by atoms with Crippen molar-refractivity contribution in [2.45, 2.75) is 26.3 Å². The summed E-state index contributed by atoms with van der Waals surface area (Å²) in [6.07, 6.45) is 5.87. The van der Waals surface area contributed by atoms with E-state index in [0.29, 0.717) is 0 Å². The Morgan fingerprint density at radius 2 is 1.92 bits per heavy atom. The zero-order valence-corrected chi connectivity index (χ0v) is 17.2. The van der Waals surface area contributed by atoms with Crippen LogP contribution in [0, 0.1) is 6.92 Å². The first kappa shape index (κ1) is 20.8. The van der Waals surface area contributed by atoms with E-state index >= 15 is 0 Å². The molecule has 24 heavy (non-hydrogen) atoms. The van der Waals surface area contributed by atoms with Gasteiger partial charge in [0, 0.05) is 37.9 Å². The number of aliphatic imine (C=N–C) groups is 1. The summed E-state index contributed by atoms with van der Waals surface area (Å²) in [6, 6.07) is 7.93. The van der Waals surface area contributed by atoms with E-state index in [1.165, 1.54) is 11.1 Å². The third-order valence-corrected chi connectivity index (χ3v) is 3.71. The van der Waals surface area contributed by atoms with Crippen LogP contribution in [0.1, 0.15) is 17.5 Å². The largest absolute Gasteiger partial charge is 0.356 e. The molecule has 0 unspecified atom stereocenters. The van der Waals surface area contributed by atoms with Crippen LogP contribution in [0.2, 0.25) is 5.02 Å².